The molecule has 0 aliphatic carbocycles. The number of rotatable bonds is 8. The predicted molar refractivity (Wildman–Crippen MR) is 78.6 cm³/mol. The van der Waals surface area contributed by atoms with Gasteiger partial charge in [0, 0.05) is 30.9 Å². The molecule has 0 aliphatic rings. The summed E-state index contributed by atoms with van der Waals surface area (Å²) in [6, 6.07) is 5.70. The van der Waals surface area contributed by atoms with Crippen molar-refractivity contribution in [2.45, 2.75) is 33.1 Å². The molecule has 0 bridgehead atoms. The van der Waals surface area contributed by atoms with E-state index < -0.39 is 0 Å². The molecule has 19 heavy (non-hydrogen) atoms. The molecule has 0 unspecified atom stereocenters. The Kier molecular flexibility index (Phi) is 6.97. The van der Waals surface area contributed by atoms with Gasteiger partial charge in [0.25, 0.3) is 5.91 Å². The zero-order chi connectivity index (χ0) is 14.1. The Labute approximate surface area is 115 Å². The number of carbonyl (C=O) groups excluding carboxylic acids is 1. The predicted octanol–water partition coefficient (Wildman–Crippen LogP) is 2.32. The van der Waals surface area contributed by atoms with Crippen LogP contribution in [-0.4, -0.2) is 30.7 Å². The number of anilines is 1. The molecule has 1 rings (SSSR count). The highest BCUT2D eigenvalue weighted by atomic mass is 16.2. The number of aryl methyl sites for hydroxylation is 1. The van der Waals surface area contributed by atoms with E-state index in [1.165, 1.54) is 0 Å². The topological polar surface area (TPSA) is 61.4 Å². The molecule has 1 aromatic carbocycles. The molecule has 0 atom stereocenters. The minimum Gasteiger partial charge on any atom is -0.396 e. The van der Waals surface area contributed by atoms with Crippen molar-refractivity contribution in [1.82, 2.24) is 5.32 Å². The molecule has 3 N–H and O–H groups in total. The highest BCUT2D eigenvalue weighted by Gasteiger charge is 2.06. The van der Waals surface area contributed by atoms with Crippen molar-refractivity contribution in [3.63, 3.8) is 0 Å². The van der Waals surface area contributed by atoms with Crippen molar-refractivity contribution in [2.75, 3.05) is 25.0 Å². The van der Waals surface area contributed by atoms with Crippen LogP contribution in [0.5, 0.6) is 0 Å². The third kappa shape index (κ3) is 5.30. The first kappa shape index (κ1) is 15.5. The third-order valence-electron chi connectivity index (χ3n) is 2.99. The van der Waals surface area contributed by atoms with E-state index in [2.05, 4.69) is 10.6 Å². The molecule has 0 aromatic heterocycles. The molecule has 1 aromatic rings. The van der Waals surface area contributed by atoms with Crippen LogP contribution >= 0.6 is 0 Å². The second kappa shape index (κ2) is 8.53. The average Bonchev–Trinajstić information content (AvgIpc) is 2.40. The maximum atomic E-state index is 11.8. The molecule has 0 aliphatic heterocycles. The van der Waals surface area contributed by atoms with Gasteiger partial charge in [-0.15, -0.1) is 0 Å². The van der Waals surface area contributed by atoms with Crippen molar-refractivity contribution in [1.29, 1.82) is 0 Å². The Morgan fingerprint density at radius 3 is 2.74 bits per heavy atom. The number of aliphatic hydroxyl groups is 1. The molecule has 4 heteroatoms. The number of benzene rings is 1. The molecule has 0 saturated heterocycles. The van der Waals surface area contributed by atoms with E-state index in [0.717, 1.165) is 37.1 Å². The SMILES string of the molecule is CCNC(=O)c1ccc(C)c(NCCCCCO)c1. The van der Waals surface area contributed by atoms with E-state index in [0.29, 0.717) is 12.1 Å². The van der Waals surface area contributed by atoms with Gasteiger partial charge in [-0.05, 0) is 50.8 Å². The van der Waals surface area contributed by atoms with Crippen LogP contribution in [0.1, 0.15) is 42.1 Å². The molecule has 0 heterocycles. The zero-order valence-corrected chi connectivity index (χ0v) is 11.8. The van der Waals surface area contributed by atoms with E-state index in [4.69, 9.17) is 5.11 Å². The smallest absolute Gasteiger partial charge is 0.251 e. The lowest BCUT2D eigenvalue weighted by molar-refractivity contribution is 0.0956. The zero-order valence-electron chi connectivity index (χ0n) is 11.8. The number of carbonyl (C=O) groups is 1. The number of hydrogen-bond acceptors (Lipinski definition) is 3. The normalized spacial score (nSPS) is 10.3. The van der Waals surface area contributed by atoms with E-state index >= 15 is 0 Å². The molecule has 0 radical (unpaired) electrons. The van der Waals surface area contributed by atoms with Crippen LogP contribution in [0.4, 0.5) is 5.69 Å². The fourth-order valence-electron chi connectivity index (χ4n) is 1.85. The summed E-state index contributed by atoms with van der Waals surface area (Å²) in [7, 11) is 0. The lowest BCUT2D eigenvalue weighted by Gasteiger charge is -2.11. The summed E-state index contributed by atoms with van der Waals surface area (Å²) in [5.74, 6) is -0.0363. The largest absolute Gasteiger partial charge is 0.396 e. The van der Waals surface area contributed by atoms with Gasteiger partial charge in [-0.2, -0.15) is 0 Å². The van der Waals surface area contributed by atoms with Crippen molar-refractivity contribution in [3.8, 4) is 0 Å². The van der Waals surface area contributed by atoms with Crippen LogP contribution in [0.15, 0.2) is 18.2 Å². The van der Waals surface area contributed by atoms with E-state index in [-0.39, 0.29) is 12.5 Å². The number of nitrogens with one attached hydrogen (secondary N) is 2. The van der Waals surface area contributed by atoms with Gasteiger partial charge in [-0.25, -0.2) is 0 Å². The van der Waals surface area contributed by atoms with Crippen molar-refractivity contribution >= 4 is 11.6 Å². The lowest BCUT2D eigenvalue weighted by atomic mass is 10.1. The van der Waals surface area contributed by atoms with Crippen LogP contribution < -0.4 is 10.6 Å². The maximum absolute atomic E-state index is 11.8. The number of hydrogen-bond donors (Lipinski definition) is 3. The quantitative estimate of drug-likeness (QED) is 0.631. The first-order valence-corrected chi connectivity index (χ1v) is 6.92. The second-order valence-corrected chi connectivity index (χ2v) is 4.60. The Hall–Kier alpha value is -1.55. The maximum Gasteiger partial charge on any atom is 0.251 e. The summed E-state index contributed by atoms with van der Waals surface area (Å²) in [6.45, 7) is 5.69. The highest BCUT2D eigenvalue weighted by Crippen LogP contribution is 2.17. The third-order valence-corrected chi connectivity index (χ3v) is 2.99. The average molecular weight is 264 g/mol. The Morgan fingerprint density at radius 2 is 2.05 bits per heavy atom. The monoisotopic (exact) mass is 264 g/mol. The Morgan fingerprint density at radius 1 is 1.26 bits per heavy atom. The molecular weight excluding hydrogens is 240 g/mol. The van der Waals surface area contributed by atoms with Gasteiger partial charge >= 0.3 is 0 Å². The number of aliphatic hydroxyl groups excluding tert-OH is 1. The van der Waals surface area contributed by atoms with E-state index in [1.54, 1.807) is 0 Å². The summed E-state index contributed by atoms with van der Waals surface area (Å²) in [5.41, 5.74) is 2.83. The van der Waals surface area contributed by atoms with Crippen LogP contribution in [0.2, 0.25) is 0 Å². The Bertz CT molecular complexity index is 405. The summed E-state index contributed by atoms with van der Waals surface area (Å²) >= 11 is 0. The van der Waals surface area contributed by atoms with Crippen LogP contribution in [0.3, 0.4) is 0 Å². The molecule has 0 saturated carbocycles. The summed E-state index contributed by atoms with van der Waals surface area (Å²) in [5, 5.41) is 14.9. The first-order chi connectivity index (χ1) is 9.19. The molecule has 0 fully saturated rings. The Balaban J connectivity index is 2.56. The molecule has 4 nitrogen and oxygen atoms in total. The first-order valence-electron chi connectivity index (χ1n) is 6.92. The summed E-state index contributed by atoms with van der Waals surface area (Å²) in [4.78, 5) is 11.8. The van der Waals surface area contributed by atoms with Crippen molar-refractivity contribution < 1.29 is 9.90 Å². The lowest BCUT2D eigenvalue weighted by Crippen LogP contribution is -2.22. The van der Waals surface area contributed by atoms with Crippen molar-refractivity contribution in [3.05, 3.63) is 29.3 Å². The van der Waals surface area contributed by atoms with Crippen LogP contribution in [-0.2, 0) is 0 Å². The minimum atomic E-state index is -0.0363. The second-order valence-electron chi connectivity index (χ2n) is 4.60. The van der Waals surface area contributed by atoms with Gasteiger partial charge in [-0.1, -0.05) is 6.07 Å². The van der Waals surface area contributed by atoms with E-state index in [9.17, 15) is 4.79 Å². The fourth-order valence-corrected chi connectivity index (χ4v) is 1.85. The van der Waals surface area contributed by atoms with Gasteiger partial charge < -0.3 is 15.7 Å². The number of amides is 1. The standard InChI is InChI=1S/C15H24N2O2/c1-3-16-15(19)13-8-7-12(2)14(11-13)17-9-5-4-6-10-18/h7-8,11,17-18H,3-6,9-10H2,1-2H3,(H,16,19). The molecule has 106 valence electrons. The molecule has 0 spiro atoms. The molecular formula is C15H24N2O2. The fraction of sp³-hybridized carbons (Fsp3) is 0.533. The summed E-state index contributed by atoms with van der Waals surface area (Å²) < 4.78 is 0. The van der Waals surface area contributed by atoms with Crippen LogP contribution in [0.25, 0.3) is 0 Å². The molecule has 1 amide bonds. The minimum absolute atomic E-state index is 0.0363. The van der Waals surface area contributed by atoms with Gasteiger partial charge in [0.05, 0.1) is 0 Å². The van der Waals surface area contributed by atoms with E-state index in [1.807, 2.05) is 32.0 Å². The van der Waals surface area contributed by atoms with Gasteiger partial charge in [-0.3, -0.25) is 4.79 Å². The van der Waals surface area contributed by atoms with Crippen LogP contribution in [0, 0.1) is 6.92 Å². The van der Waals surface area contributed by atoms with Crippen molar-refractivity contribution in [2.24, 2.45) is 0 Å². The summed E-state index contributed by atoms with van der Waals surface area (Å²) in [6.07, 6.45) is 2.88. The number of unbranched alkanes of at least 4 members (excludes halogenated alkanes) is 2. The van der Waals surface area contributed by atoms with Gasteiger partial charge in [0.1, 0.15) is 0 Å². The van der Waals surface area contributed by atoms with Gasteiger partial charge in [0.15, 0.2) is 0 Å². The van der Waals surface area contributed by atoms with Gasteiger partial charge in [0.2, 0.25) is 0 Å². The highest BCUT2D eigenvalue weighted by molar-refractivity contribution is 5.95.